The molecule has 1 aromatic carbocycles. The molecule has 3 aromatic rings. The van der Waals surface area contributed by atoms with Crippen LogP contribution in [0.5, 0.6) is 0 Å². The maximum absolute atomic E-state index is 5.89. The lowest BCUT2D eigenvalue weighted by Gasteiger charge is -2.47. The average Bonchev–Trinajstić information content (AvgIpc) is 3.19. The van der Waals surface area contributed by atoms with E-state index in [9.17, 15) is 0 Å². The van der Waals surface area contributed by atoms with E-state index in [0.717, 1.165) is 47.5 Å². The number of piperidine rings is 1. The van der Waals surface area contributed by atoms with Gasteiger partial charge in [-0.3, -0.25) is 9.88 Å². The van der Waals surface area contributed by atoms with Crippen LogP contribution in [0, 0.1) is 0 Å². The number of hydrogen-bond acceptors (Lipinski definition) is 6. The molecular weight excluding hydrogens is 396 g/mol. The van der Waals surface area contributed by atoms with Gasteiger partial charge in [0.2, 0.25) is 0 Å². The number of nitrogens with zero attached hydrogens (tertiary/aromatic N) is 5. The summed E-state index contributed by atoms with van der Waals surface area (Å²) in [7, 11) is 0. The van der Waals surface area contributed by atoms with Crippen LogP contribution in [-0.4, -0.2) is 52.9 Å². The maximum atomic E-state index is 5.89. The molecule has 0 bridgehead atoms. The highest BCUT2D eigenvalue weighted by molar-refractivity contribution is 5.92. The zero-order chi connectivity index (χ0) is 22.1. The minimum Gasteiger partial charge on any atom is -0.387 e. The number of pyridine rings is 2. The summed E-state index contributed by atoms with van der Waals surface area (Å²) in [6.07, 6.45) is 6.81. The first-order chi connectivity index (χ1) is 15.7. The molecule has 6 heteroatoms. The third-order valence-electron chi connectivity index (χ3n) is 6.67. The summed E-state index contributed by atoms with van der Waals surface area (Å²) in [4.78, 5) is 19.1. The molecule has 32 heavy (non-hydrogen) atoms. The quantitative estimate of drug-likeness (QED) is 0.663. The van der Waals surface area contributed by atoms with Gasteiger partial charge in [0.15, 0.2) is 0 Å². The number of nitrogens with two attached hydrogens (primary N) is 1. The van der Waals surface area contributed by atoms with E-state index in [1.54, 1.807) is 0 Å². The van der Waals surface area contributed by atoms with Crippen molar-refractivity contribution in [1.82, 2.24) is 14.9 Å². The Morgan fingerprint density at radius 2 is 1.75 bits per heavy atom. The first-order valence-electron chi connectivity index (χ1n) is 11.9. The molecule has 0 unspecified atom stereocenters. The molecule has 2 N–H and O–H groups in total. The predicted octanol–water partition coefficient (Wildman–Crippen LogP) is 4.54. The van der Waals surface area contributed by atoms with Crippen molar-refractivity contribution in [3.05, 3.63) is 48.2 Å². The van der Waals surface area contributed by atoms with Crippen LogP contribution >= 0.6 is 0 Å². The summed E-state index contributed by atoms with van der Waals surface area (Å²) in [5.74, 6) is 0.680. The molecule has 166 valence electrons. The molecule has 0 aliphatic carbocycles. The number of rotatable bonds is 3. The van der Waals surface area contributed by atoms with Crippen molar-refractivity contribution < 1.29 is 0 Å². The van der Waals surface area contributed by atoms with E-state index in [0.29, 0.717) is 11.9 Å². The Bertz CT molecular complexity index is 1140. The molecule has 0 atom stereocenters. The summed E-state index contributed by atoms with van der Waals surface area (Å²) >= 11 is 0. The van der Waals surface area contributed by atoms with Crippen molar-refractivity contribution in [2.24, 2.45) is 10.7 Å². The lowest BCUT2D eigenvalue weighted by molar-refractivity contribution is 0.139. The van der Waals surface area contributed by atoms with E-state index in [4.69, 9.17) is 10.7 Å². The zero-order valence-electron chi connectivity index (χ0n) is 19.1. The van der Waals surface area contributed by atoms with Crippen molar-refractivity contribution >= 4 is 28.2 Å². The highest BCUT2D eigenvalue weighted by Crippen LogP contribution is 2.32. The van der Waals surface area contributed by atoms with Gasteiger partial charge in [0.1, 0.15) is 5.84 Å². The summed E-state index contributed by atoms with van der Waals surface area (Å²) < 4.78 is 0. The fraction of sp³-hybridized carbons (Fsp3) is 0.423. The Morgan fingerprint density at radius 1 is 0.938 bits per heavy atom. The Kier molecular flexibility index (Phi) is 5.79. The second-order valence-electron chi connectivity index (χ2n) is 8.71. The van der Waals surface area contributed by atoms with Gasteiger partial charge in [0, 0.05) is 31.1 Å². The van der Waals surface area contributed by atoms with Crippen LogP contribution in [0.1, 0.15) is 38.7 Å². The number of anilines is 1. The number of amidine groups is 1. The largest absolute Gasteiger partial charge is 0.387 e. The molecule has 0 radical (unpaired) electrons. The molecule has 2 aromatic heterocycles. The first-order valence-corrected chi connectivity index (χ1v) is 11.9. The van der Waals surface area contributed by atoms with Crippen LogP contribution in [0.3, 0.4) is 0 Å². The third-order valence-corrected chi connectivity index (χ3v) is 6.67. The molecule has 5 heterocycles. The van der Waals surface area contributed by atoms with Crippen LogP contribution in [0.2, 0.25) is 0 Å². The number of aromatic nitrogens is 2. The molecule has 2 fully saturated rings. The van der Waals surface area contributed by atoms with Crippen LogP contribution in [0.4, 0.5) is 11.4 Å². The molecule has 2 saturated heterocycles. The van der Waals surface area contributed by atoms with Gasteiger partial charge in [-0.05, 0) is 55.8 Å². The number of benzene rings is 1. The second kappa shape index (κ2) is 8.87. The van der Waals surface area contributed by atoms with Gasteiger partial charge in [-0.2, -0.15) is 0 Å². The Labute approximate surface area is 190 Å². The second-order valence-corrected chi connectivity index (χ2v) is 8.71. The van der Waals surface area contributed by atoms with Crippen LogP contribution in [0.25, 0.3) is 22.3 Å². The third kappa shape index (κ3) is 3.95. The summed E-state index contributed by atoms with van der Waals surface area (Å²) in [5.41, 5.74) is 13.1. The van der Waals surface area contributed by atoms with Gasteiger partial charge < -0.3 is 10.6 Å². The van der Waals surface area contributed by atoms with Gasteiger partial charge in [0.05, 0.1) is 34.3 Å². The van der Waals surface area contributed by atoms with Crippen molar-refractivity contribution in [3.63, 3.8) is 0 Å². The van der Waals surface area contributed by atoms with E-state index >= 15 is 0 Å². The lowest BCUT2D eigenvalue weighted by atomic mass is 10.0. The molecule has 0 spiro atoms. The Hall–Kier alpha value is -2.99. The van der Waals surface area contributed by atoms with Crippen LogP contribution in [0.15, 0.2) is 47.6 Å². The minimum atomic E-state index is 0.680. The summed E-state index contributed by atoms with van der Waals surface area (Å²) in [6.45, 7) is 8.71. The number of likely N-dealkylation sites (tertiary alicyclic amines) is 1. The standard InChI is InChI=1S/C24H26N6.C2H6/c25-24-11-17-5-4-16(10-22(17)28-24)20-6-7-21-23(27-20)12-18(13-26-21)30-14-19(15-30)29-8-2-1-3-9-29;1-2/h4-7,10,12-13,19H,1-3,8-9,11,14-15H2,(H2,25,28);1-2H3. The number of fused-ring (bicyclic) bond motifs is 2. The predicted molar refractivity (Wildman–Crippen MR) is 133 cm³/mol. The molecule has 3 aliphatic heterocycles. The SMILES string of the molecule is CC.NC1=Nc2cc(-c3ccc4ncc(N5CC(N6CCCCC6)C5)cc4n3)ccc2C1. The molecule has 0 amide bonds. The van der Waals surface area contributed by atoms with Crippen molar-refractivity contribution in [2.45, 2.75) is 45.6 Å². The van der Waals surface area contributed by atoms with E-state index in [1.165, 1.54) is 43.6 Å². The van der Waals surface area contributed by atoms with Gasteiger partial charge in [0.25, 0.3) is 0 Å². The summed E-state index contributed by atoms with van der Waals surface area (Å²) in [5, 5.41) is 0. The van der Waals surface area contributed by atoms with E-state index in [1.807, 2.05) is 26.1 Å². The van der Waals surface area contributed by atoms with Gasteiger partial charge in [-0.1, -0.05) is 32.4 Å². The fourth-order valence-corrected chi connectivity index (χ4v) is 4.88. The van der Waals surface area contributed by atoms with Crippen molar-refractivity contribution in [2.75, 3.05) is 31.1 Å². The fourth-order valence-electron chi connectivity index (χ4n) is 4.88. The molecular formula is C26H32N6. The average molecular weight is 429 g/mol. The molecule has 0 saturated carbocycles. The Morgan fingerprint density at radius 3 is 2.56 bits per heavy atom. The van der Waals surface area contributed by atoms with E-state index in [-0.39, 0.29) is 0 Å². The van der Waals surface area contributed by atoms with Gasteiger partial charge >= 0.3 is 0 Å². The molecule has 3 aliphatic rings. The van der Waals surface area contributed by atoms with Gasteiger partial charge in [-0.25, -0.2) is 9.98 Å². The molecule has 6 nitrogen and oxygen atoms in total. The van der Waals surface area contributed by atoms with Crippen molar-refractivity contribution in [1.29, 1.82) is 0 Å². The highest BCUT2D eigenvalue weighted by Gasteiger charge is 2.32. The smallest absolute Gasteiger partial charge is 0.104 e. The summed E-state index contributed by atoms with van der Waals surface area (Å²) in [6, 6.07) is 13.3. The lowest BCUT2D eigenvalue weighted by Crippen LogP contribution is -2.60. The molecule has 6 rings (SSSR count). The minimum absolute atomic E-state index is 0.680. The number of aliphatic imine (C=N–C) groups is 1. The number of hydrogen-bond donors (Lipinski definition) is 1. The normalized spacial score (nSPS) is 18.6. The van der Waals surface area contributed by atoms with E-state index < -0.39 is 0 Å². The monoisotopic (exact) mass is 428 g/mol. The topological polar surface area (TPSA) is 70.6 Å². The highest BCUT2D eigenvalue weighted by atomic mass is 15.3. The zero-order valence-corrected chi connectivity index (χ0v) is 19.1. The van der Waals surface area contributed by atoms with E-state index in [2.05, 4.69) is 50.1 Å². The van der Waals surface area contributed by atoms with Crippen molar-refractivity contribution in [3.8, 4) is 11.3 Å². The first kappa shape index (κ1) is 20.9. The maximum Gasteiger partial charge on any atom is 0.104 e. The Balaban J connectivity index is 0.00000105. The van der Waals surface area contributed by atoms with Crippen LogP contribution in [-0.2, 0) is 6.42 Å². The van der Waals surface area contributed by atoms with Crippen LogP contribution < -0.4 is 10.6 Å². The van der Waals surface area contributed by atoms with Gasteiger partial charge in [-0.15, -0.1) is 0 Å².